The highest BCUT2D eigenvalue weighted by Crippen LogP contribution is 2.38. The fourth-order valence-electron chi connectivity index (χ4n) is 4.93. The van der Waals surface area contributed by atoms with Crippen molar-refractivity contribution in [3.05, 3.63) is 89.5 Å². The Morgan fingerprint density at radius 1 is 0.974 bits per heavy atom. The number of rotatable bonds is 7. The number of hydrogen-bond donors (Lipinski definition) is 2. The molecule has 2 N–H and O–H groups in total. The van der Waals surface area contributed by atoms with Gasteiger partial charge in [-0.1, -0.05) is 49.4 Å². The molecule has 0 atom stereocenters. The van der Waals surface area contributed by atoms with Crippen molar-refractivity contribution in [1.29, 1.82) is 0 Å². The summed E-state index contributed by atoms with van der Waals surface area (Å²) >= 11 is 0. The molecule has 0 bridgehead atoms. The first-order chi connectivity index (χ1) is 18.4. The van der Waals surface area contributed by atoms with Gasteiger partial charge in [-0.15, -0.1) is 0 Å². The molecular formula is C31H35N5O2. The van der Waals surface area contributed by atoms with Gasteiger partial charge in [-0.25, -0.2) is 0 Å². The van der Waals surface area contributed by atoms with E-state index < -0.39 is 0 Å². The number of fused-ring (bicyclic) bond motifs is 1. The van der Waals surface area contributed by atoms with Crippen LogP contribution in [0, 0.1) is 0 Å². The Labute approximate surface area is 224 Å². The average Bonchev–Trinajstić information content (AvgIpc) is 3.27. The van der Waals surface area contributed by atoms with E-state index in [0.717, 1.165) is 66.5 Å². The van der Waals surface area contributed by atoms with Gasteiger partial charge in [0.1, 0.15) is 0 Å². The molecule has 0 aliphatic carbocycles. The first-order valence-electron chi connectivity index (χ1n) is 13.2. The van der Waals surface area contributed by atoms with E-state index in [9.17, 15) is 9.59 Å². The number of benzene rings is 3. The van der Waals surface area contributed by atoms with Crippen LogP contribution in [0.3, 0.4) is 0 Å². The van der Waals surface area contributed by atoms with E-state index in [1.807, 2.05) is 73.8 Å². The second kappa shape index (κ2) is 11.2. The van der Waals surface area contributed by atoms with Crippen LogP contribution in [0.5, 0.6) is 0 Å². The lowest BCUT2D eigenvalue weighted by Crippen LogP contribution is -2.48. The number of nitrogens with one attached hydrogen (secondary N) is 2. The van der Waals surface area contributed by atoms with E-state index in [1.165, 1.54) is 5.56 Å². The van der Waals surface area contributed by atoms with Gasteiger partial charge in [0.25, 0.3) is 5.91 Å². The van der Waals surface area contributed by atoms with Crippen LogP contribution in [0.15, 0.2) is 72.8 Å². The summed E-state index contributed by atoms with van der Waals surface area (Å²) in [5.41, 5.74) is 6.89. The maximum Gasteiger partial charge on any atom is 0.258 e. The third-order valence-electron chi connectivity index (χ3n) is 7.40. The Kier molecular flexibility index (Phi) is 7.58. The molecule has 196 valence electrons. The van der Waals surface area contributed by atoms with Crippen LogP contribution < -0.4 is 15.5 Å². The van der Waals surface area contributed by atoms with Crippen LogP contribution in [-0.2, 0) is 16.0 Å². The summed E-state index contributed by atoms with van der Waals surface area (Å²) in [6.07, 6.45) is 0.907. The predicted molar refractivity (Wildman–Crippen MR) is 155 cm³/mol. The molecule has 3 aromatic carbocycles. The number of hydrogen-bond acceptors (Lipinski definition) is 5. The van der Waals surface area contributed by atoms with Crippen LogP contribution in [0.4, 0.5) is 17.1 Å². The average molecular weight is 510 g/mol. The molecule has 7 nitrogen and oxygen atoms in total. The number of likely N-dealkylation sites (N-methyl/N-ethyl adjacent to an activating group) is 2. The van der Waals surface area contributed by atoms with Crippen LogP contribution in [-0.4, -0.2) is 68.4 Å². The van der Waals surface area contributed by atoms with Gasteiger partial charge in [0.2, 0.25) is 5.91 Å². The number of piperazine rings is 1. The van der Waals surface area contributed by atoms with Crippen molar-refractivity contribution in [3.63, 3.8) is 0 Å². The molecule has 2 heterocycles. The van der Waals surface area contributed by atoms with Gasteiger partial charge in [-0.3, -0.25) is 14.5 Å². The number of nitrogens with zero attached hydrogens (tertiary/aromatic N) is 3. The normalized spacial score (nSPS) is 17.1. The minimum absolute atomic E-state index is 0.0769. The highest BCUT2D eigenvalue weighted by molar-refractivity contribution is 6.37. The minimum atomic E-state index is -0.120. The van der Waals surface area contributed by atoms with Crippen molar-refractivity contribution in [2.45, 2.75) is 13.3 Å². The minimum Gasteiger partial charge on any atom is -0.354 e. The number of amides is 2. The van der Waals surface area contributed by atoms with Crippen molar-refractivity contribution in [2.75, 3.05) is 62.4 Å². The zero-order valence-electron chi connectivity index (χ0n) is 22.3. The summed E-state index contributed by atoms with van der Waals surface area (Å²) in [4.78, 5) is 32.3. The first kappa shape index (κ1) is 25.7. The van der Waals surface area contributed by atoms with Crippen molar-refractivity contribution < 1.29 is 9.59 Å². The maximum atomic E-state index is 13.2. The molecule has 1 fully saturated rings. The molecule has 0 spiro atoms. The van der Waals surface area contributed by atoms with Crippen LogP contribution >= 0.6 is 0 Å². The van der Waals surface area contributed by atoms with Crippen LogP contribution in [0.2, 0.25) is 0 Å². The van der Waals surface area contributed by atoms with E-state index in [1.54, 1.807) is 4.90 Å². The Morgan fingerprint density at radius 2 is 1.68 bits per heavy atom. The molecular weight excluding hydrogens is 474 g/mol. The number of carbonyl (C=O) groups excluding carboxylic acids is 2. The Balaban J connectivity index is 1.38. The molecule has 0 saturated carbocycles. The molecule has 7 heteroatoms. The monoisotopic (exact) mass is 509 g/mol. The molecule has 0 aromatic heterocycles. The molecule has 1 saturated heterocycles. The lowest BCUT2D eigenvalue weighted by molar-refractivity contribution is -0.119. The van der Waals surface area contributed by atoms with Crippen LogP contribution in [0.1, 0.15) is 23.6 Å². The Morgan fingerprint density at radius 3 is 2.37 bits per heavy atom. The largest absolute Gasteiger partial charge is 0.354 e. The SMILES string of the molecule is CCc1ccc2c(c1)NC(=O)/C2=C(\Nc1ccc(N(C)C(=O)CN2CCN(C)CC2)cc1)c1ccccc1. The molecule has 2 aliphatic rings. The third kappa shape index (κ3) is 5.49. The van der Waals surface area contributed by atoms with Crippen molar-refractivity contribution in [1.82, 2.24) is 9.80 Å². The fourth-order valence-corrected chi connectivity index (χ4v) is 4.93. The van der Waals surface area contributed by atoms with Gasteiger partial charge < -0.3 is 20.4 Å². The molecule has 0 radical (unpaired) electrons. The molecule has 38 heavy (non-hydrogen) atoms. The number of aryl methyl sites for hydroxylation is 1. The molecule has 2 aliphatic heterocycles. The summed E-state index contributed by atoms with van der Waals surface area (Å²) in [7, 11) is 3.93. The van der Waals surface area contributed by atoms with Gasteiger partial charge in [-0.2, -0.15) is 0 Å². The summed E-state index contributed by atoms with van der Waals surface area (Å²) in [5.74, 6) is -0.0431. The van der Waals surface area contributed by atoms with E-state index in [2.05, 4.69) is 40.5 Å². The van der Waals surface area contributed by atoms with E-state index in [-0.39, 0.29) is 11.8 Å². The lowest BCUT2D eigenvalue weighted by atomic mass is 9.98. The first-order valence-corrected chi connectivity index (χ1v) is 13.2. The Hall–Kier alpha value is -3.94. The van der Waals surface area contributed by atoms with E-state index in [0.29, 0.717) is 12.1 Å². The predicted octanol–water partition coefficient (Wildman–Crippen LogP) is 4.39. The smallest absolute Gasteiger partial charge is 0.258 e. The van der Waals surface area contributed by atoms with Gasteiger partial charge in [0, 0.05) is 55.9 Å². The van der Waals surface area contributed by atoms with Gasteiger partial charge >= 0.3 is 0 Å². The van der Waals surface area contributed by atoms with E-state index >= 15 is 0 Å². The van der Waals surface area contributed by atoms with Gasteiger partial charge in [-0.05, 0) is 54.9 Å². The van der Waals surface area contributed by atoms with Gasteiger partial charge in [0.15, 0.2) is 0 Å². The second-order valence-corrected chi connectivity index (χ2v) is 10.0. The molecule has 3 aromatic rings. The summed E-state index contributed by atoms with van der Waals surface area (Å²) < 4.78 is 0. The van der Waals surface area contributed by atoms with Crippen molar-refractivity contribution in [3.8, 4) is 0 Å². The molecule has 0 unspecified atom stereocenters. The molecule has 2 amide bonds. The zero-order valence-corrected chi connectivity index (χ0v) is 22.3. The topological polar surface area (TPSA) is 67.9 Å². The standard InChI is InChI=1S/C31H35N5O2/c1-4-22-10-15-26-27(20-22)33-31(38)29(26)30(23-8-6-5-7-9-23)32-24-11-13-25(14-12-24)35(3)28(37)21-36-18-16-34(2)17-19-36/h5-15,20,32H,4,16-19,21H2,1-3H3,(H,33,38)/b30-29-. The summed E-state index contributed by atoms with van der Waals surface area (Å²) in [6, 6.07) is 23.8. The quantitative estimate of drug-likeness (QED) is 0.463. The lowest BCUT2D eigenvalue weighted by Gasteiger charge is -2.32. The number of carbonyl (C=O) groups is 2. The van der Waals surface area contributed by atoms with Crippen molar-refractivity contribution in [2.24, 2.45) is 0 Å². The molecule has 5 rings (SSSR count). The summed E-state index contributed by atoms with van der Waals surface area (Å²) in [6.45, 7) is 6.31. The Bertz CT molecular complexity index is 1340. The van der Waals surface area contributed by atoms with Crippen molar-refractivity contribution >= 4 is 40.1 Å². The highest BCUT2D eigenvalue weighted by Gasteiger charge is 2.28. The third-order valence-corrected chi connectivity index (χ3v) is 7.40. The van der Waals surface area contributed by atoms with Crippen LogP contribution in [0.25, 0.3) is 11.3 Å². The maximum absolute atomic E-state index is 13.2. The number of anilines is 3. The summed E-state index contributed by atoms with van der Waals surface area (Å²) in [5, 5.41) is 6.55. The van der Waals surface area contributed by atoms with E-state index in [4.69, 9.17) is 0 Å². The fraction of sp³-hybridized carbons (Fsp3) is 0.290. The highest BCUT2D eigenvalue weighted by atomic mass is 16.2. The zero-order chi connectivity index (χ0) is 26.6. The van der Waals surface area contributed by atoms with Gasteiger partial charge in [0.05, 0.1) is 17.8 Å². The second-order valence-electron chi connectivity index (χ2n) is 10.0.